The quantitative estimate of drug-likeness (QED) is 0.731. The first kappa shape index (κ1) is 11.3. The van der Waals surface area contributed by atoms with Gasteiger partial charge in [-0.05, 0) is 18.8 Å². The van der Waals surface area contributed by atoms with E-state index in [4.69, 9.17) is 4.74 Å². The van der Waals surface area contributed by atoms with Crippen molar-refractivity contribution in [3.8, 4) is 0 Å². The van der Waals surface area contributed by atoms with Gasteiger partial charge in [0.1, 0.15) is 0 Å². The van der Waals surface area contributed by atoms with Gasteiger partial charge in [0, 0.05) is 32.4 Å². The minimum absolute atomic E-state index is 0.165. The smallest absolute Gasteiger partial charge is 0.165 e. The number of hydrogen-bond donors (Lipinski definition) is 0. The Balaban J connectivity index is 1.94. The van der Waals surface area contributed by atoms with E-state index in [9.17, 15) is 4.79 Å². The molecule has 0 spiro atoms. The number of ketones is 1. The highest BCUT2D eigenvalue weighted by Crippen LogP contribution is 2.16. The van der Waals surface area contributed by atoms with Gasteiger partial charge in [0.15, 0.2) is 5.78 Å². The number of carbonyl (C=O) groups excluding carboxylic acids is 1. The number of carbonyl (C=O) groups is 1. The first-order chi connectivity index (χ1) is 7.79. The highest BCUT2D eigenvalue weighted by atomic mass is 16.5. The summed E-state index contributed by atoms with van der Waals surface area (Å²) in [6.45, 7) is 4.48. The molecule has 1 aliphatic rings. The van der Waals surface area contributed by atoms with Crippen molar-refractivity contribution in [3.63, 3.8) is 0 Å². The number of ether oxygens (including phenoxy) is 1. The molecule has 88 valence electrons. The van der Waals surface area contributed by atoms with Crippen LogP contribution in [0.4, 0.5) is 0 Å². The molecule has 4 nitrogen and oxygen atoms in total. The number of Topliss-reactive ketones (excluding diaryl/α,β-unsaturated/α-hetero) is 1. The molecule has 1 fully saturated rings. The summed E-state index contributed by atoms with van der Waals surface area (Å²) in [5.74, 6) is 0.802. The van der Waals surface area contributed by atoms with E-state index in [1.807, 2.05) is 17.8 Å². The van der Waals surface area contributed by atoms with Gasteiger partial charge in [0.05, 0.1) is 11.8 Å². The van der Waals surface area contributed by atoms with E-state index in [1.165, 1.54) is 0 Å². The van der Waals surface area contributed by atoms with Crippen LogP contribution in [-0.2, 0) is 11.3 Å². The molecule has 1 aromatic heterocycles. The molecule has 0 saturated carbocycles. The molecular formula is C12H18N2O2. The standard InChI is InChI=1S/C12H18N2O2/c1-2-12(15)11-7-13-14(9-11)8-10-3-5-16-6-4-10/h7,9-10H,2-6,8H2,1H3. The zero-order chi connectivity index (χ0) is 11.4. The fraction of sp³-hybridized carbons (Fsp3) is 0.667. The summed E-state index contributed by atoms with van der Waals surface area (Å²) < 4.78 is 7.20. The lowest BCUT2D eigenvalue weighted by Gasteiger charge is -2.21. The molecule has 1 saturated heterocycles. The van der Waals surface area contributed by atoms with Crippen molar-refractivity contribution in [1.29, 1.82) is 0 Å². The largest absolute Gasteiger partial charge is 0.381 e. The minimum Gasteiger partial charge on any atom is -0.381 e. The van der Waals surface area contributed by atoms with Crippen LogP contribution in [0.1, 0.15) is 36.5 Å². The third-order valence-electron chi connectivity index (χ3n) is 3.06. The van der Waals surface area contributed by atoms with E-state index < -0.39 is 0 Å². The summed E-state index contributed by atoms with van der Waals surface area (Å²) in [4.78, 5) is 11.4. The molecule has 0 aliphatic carbocycles. The fourth-order valence-corrected chi connectivity index (χ4v) is 2.01. The van der Waals surface area contributed by atoms with Crippen LogP contribution < -0.4 is 0 Å². The van der Waals surface area contributed by atoms with Gasteiger partial charge in [0.2, 0.25) is 0 Å². The van der Waals surface area contributed by atoms with Gasteiger partial charge < -0.3 is 4.74 Å². The average molecular weight is 222 g/mol. The van der Waals surface area contributed by atoms with Gasteiger partial charge in [-0.25, -0.2) is 0 Å². The Kier molecular flexibility index (Phi) is 3.72. The molecular weight excluding hydrogens is 204 g/mol. The van der Waals surface area contributed by atoms with Gasteiger partial charge in [-0.15, -0.1) is 0 Å². The maximum absolute atomic E-state index is 11.4. The van der Waals surface area contributed by atoms with Crippen molar-refractivity contribution in [1.82, 2.24) is 9.78 Å². The van der Waals surface area contributed by atoms with Crippen molar-refractivity contribution in [2.45, 2.75) is 32.7 Å². The van der Waals surface area contributed by atoms with Crippen LogP contribution in [0.2, 0.25) is 0 Å². The molecule has 0 radical (unpaired) electrons. The van der Waals surface area contributed by atoms with Crippen molar-refractivity contribution in [2.75, 3.05) is 13.2 Å². The maximum atomic E-state index is 11.4. The van der Waals surface area contributed by atoms with Crippen LogP contribution in [0.3, 0.4) is 0 Å². The Morgan fingerprint density at radius 1 is 1.56 bits per heavy atom. The monoisotopic (exact) mass is 222 g/mol. The summed E-state index contributed by atoms with van der Waals surface area (Å²) in [6, 6.07) is 0. The van der Waals surface area contributed by atoms with E-state index >= 15 is 0 Å². The molecule has 0 N–H and O–H groups in total. The second-order valence-electron chi connectivity index (χ2n) is 4.28. The second kappa shape index (κ2) is 5.25. The lowest BCUT2D eigenvalue weighted by Crippen LogP contribution is -2.20. The van der Waals surface area contributed by atoms with Gasteiger partial charge in [-0.3, -0.25) is 9.48 Å². The van der Waals surface area contributed by atoms with Gasteiger partial charge in [-0.1, -0.05) is 6.92 Å². The zero-order valence-corrected chi connectivity index (χ0v) is 9.69. The molecule has 0 atom stereocenters. The lowest BCUT2D eigenvalue weighted by molar-refractivity contribution is 0.0601. The molecule has 2 heterocycles. The van der Waals surface area contributed by atoms with Crippen LogP contribution in [-0.4, -0.2) is 28.8 Å². The summed E-state index contributed by atoms with van der Waals surface area (Å²) in [6.07, 6.45) is 6.27. The van der Waals surface area contributed by atoms with Crippen LogP contribution in [0.5, 0.6) is 0 Å². The normalized spacial score (nSPS) is 17.6. The predicted molar refractivity (Wildman–Crippen MR) is 60.4 cm³/mol. The SMILES string of the molecule is CCC(=O)c1cnn(CC2CCOCC2)c1. The molecule has 2 rings (SSSR count). The second-order valence-corrected chi connectivity index (χ2v) is 4.28. The van der Waals surface area contributed by atoms with Crippen LogP contribution in [0.15, 0.2) is 12.4 Å². The van der Waals surface area contributed by atoms with Gasteiger partial charge in [-0.2, -0.15) is 5.10 Å². The lowest BCUT2D eigenvalue weighted by atomic mass is 10.0. The van der Waals surface area contributed by atoms with Crippen LogP contribution in [0, 0.1) is 5.92 Å². The van der Waals surface area contributed by atoms with Crippen LogP contribution in [0.25, 0.3) is 0 Å². The first-order valence-electron chi connectivity index (χ1n) is 5.93. The Labute approximate surface area is 95.6 Å². The van der Waals surface area contributed by atoms with Gasteiger partial charge >= 0.3 is 0 Å². The average Bonchev–Trinajstić information content (AvgIpc) is 2.78. The molecule has 0 unspecified atom stereocenters. The fourth-order valence-electron chi connectivity index (χ4n) is 2.01. The van der Waals surface area contributed by atoms with Crippen LogP contribution >= 0.6 is 0 Å². The Hall–Kier alpha value is -1.16. The number of hydrogen-bond acceptors (Lipinski definition) is 3. The number of rotatable bonds is 4. The van der Waals surface area contributed by atoms with E-state index in [1.54, 1.807) is 6.20 Å². The maximum Gasteiger partial charge on any atom is 0.165 e. The summed E-state index contributed by atoms with van der Waals surface area (Å²) in [5, 5.41) is 4.23. The predicted octanol–water partition coefficient (Wildman–Crippen LogP) is 1.90. The summed E-state index contributed by atoms with van der Waals surface area (Å²) >= 11 is 0. The molecule has 4 heteroatoms. The van der Waals surface area contributed by atoms with E-state index in [-0.39, 0.29) is 5.78 Å². The highest BCUT2D eigenvalue weighted by molar-refractivity contribution is 5.95. The van der Waals surface area contributed by atoms with Crippen molar-refractivity contribution < 1.29 is 9.53 Å². The molecule has 1 aliphatic heterocycles. The Bertz CT molecular complexity index is 354. The Morgan fingerprint density at radius 2 is 2.31 bits per heavy atom. The zero-order valence-electron chi connectivity index (χ0n) is 9.69. The third kappa shape index (κ3) is 2.70. The minimum atomic E-state index is 0.165. The van der Waals surface area contributed by atoms with E-state index in [0.29, 0.717) is 12.3 Å². The molecule has 0 aromatic carbocycles. The van der Waals surface area contributed by atoms with E-state index in [2.05, 4.69) is 5.10 Å². The molecule has 1 aromatic rings. The van der Waals surface area contributed by atoms with Crippen molar-refractivity contribution in [3.05, 3.63) is 18.0 Å². The molecule has 0 amide bonds. The molecule has 16 heavy (non-hydrogen) atoms. The highest BCUT2D eigenvalue weighted by Gasteiger charge is 2.15. The third-order valence-corrected chi connectivity index (χ3v) is 3.06. The topological polar surface area (TPSA) is 44.1 Å². The summed E-state index contributed by atoms with van der Waals surface area (Å²) in [7, 11) is 0. The first-order valence-corrected chi connectivity index (χ1v) is 5.93. The van der Waals surface area contributed by atoms with Crippen molar-refractivity contribution in [2.24, 2.45) is 5.92 Å². The molecule has 0 bridgehead atoms. The number of aromatic nitrogens is 2. The van der Waals surface area contributed by atoms with Gasteiger partial charge in [0.25, 0.3) is 0 Å². The summed E-state index contributed by atoms with van der Waals surface area (Å²) in [5.41, 5.74) is 0.731. The number of nitrogens with zero attached hydrogens (tertiary/aromatic N) is 2. The van der Waals surface area contributed by atoms with Crippen molar-refractivity contribution >= 4 is 5.78 Å². The van der Waals surface area contributed by atoms with E-state index in [0.717, 1.165) is 38.2 Å². The Morgan fingerprint density at radius 3 is 3.00 bits per heavy atom.